The summed E-state index contributed by atoms with van der Waals surface area (Å²) >= 11 is -2.14. The van der Waals surface area contributed by atoms with Gasteiger partial charge in [0, 0.05) is 0 Å². The van der Waals surface area contributed by atoms with Gasteiger partial charge in [-0.25, -0.2) is 0 Å². The Morgan fingerprint density at radius 1 is 0.880 bits per heavy atom. The molecule has 0 aromatic carbocycles. The Morgan fingerprint density at radius 3 is 1.60 bits per heavy atom. The number of allylic oxidation sites excluding steroid dienone is 1. The Balaban J connectivity index is 5.21. The van der Waals surface area contributed by atoms with E-state index in [4.69, 9.17) is 4.43 Å². The van der Waals surface area contributed by atoms with Gasteiger partial charge >= 0.3 is 166 Å². The molecule has 1 nitrogen and oxygen atoms in total. The first-order valence-corrected chi connectivity index (χ1v) is 21.5. The molecule has 0 bridgehead atoms. The van der Waals surface area contributed by atoms with Crippen LogP contribution in [0.3, 0.4) is 0 Å². The molecule has 0 rings (SSSR count). The zero-order valence-corrected chi connectivity index (χ0v) is 22.9. The summed E-state index contributed by atoms with van der Waals surface area (Å²) in [5.41, 5.74) is 0. The van der Waals surface area contributed by atoms with Gasteiger partial charge in [-0.15, -0.1) is 0 Å². The fraction of sp³-hybridized carbons (Fsp3) is 0.909. The van der Waals surface area contributed by atoms with E-state index in [2.05, 4.69) is 73.9 Å². The first-order chi connectivity index (χ1) is 11.6. The van der Waals surface area contributed by atoms with Crippen LogP contribution in [-0.2, 0) is 4.43 Å². The van der Waals surface area contributed by atoms with E-state index < -0.39 is 26.7 Å². The maximum absolute atomic E-state index is 6.37. The molecule has 0 aromatic heterocycles. The van der Waals surface area contributed by atoms with E-state index in [1.165, 1.54) is 38.5 Å². The molecule has 0 saturated carbocycles. The van der Waals surface area contributed by atoms with Crippen molar-refractivity contribution < 1.29 is 4.43 Å². The summed E-state index contributed by atoms with van der Waals surface area (Å²) in [6.07, 6.45) is 13.0. The van der Waals surface area contributed by atoms with Gasteiger partial charge in [0.2, 0.25) is 0 Å². The summed E-state index contributed by atoms with van der Waals surface area (Å²) in [6, 6.07) is 0. The van der Waals surface area contributed by atoms with Crippen molar-refractivity contribution in [2.24, 2.45) is 0 Å². The fourth-order valence-corrected chi connectivity index (χ4v) is 20.6. The topological polar surface area (TPSA) is 9.23 Å². The third-order valence-electron chi connectivity index (χ3n) is 6.59. The van der Waals surface area contributed by atoms with Crippen LogP contribution in [0.2, 0.25) is 35.4 Å². The summed E-state index contributed by atoms with van der Waals surface area (Å²) in [7, 11) is -1.67. The Bertz CT molecular complexity index is 349. The first-order valence-electron chi connectivity index (χ1n) is 10.9. The molecule has 0 amide bonds. The molecule has 0 N–H and O–H groups in total. The summed E-state index contributed by atoms with van der Waals surface area (Å²) in [5, 5.41) is 0.285. The molecule has 0 saturated heterocycles. The molecule has 0 aliphatic heterocycles. The predicted octanol–water partition coefficient (Wildman–Crippen LogP) is 8.76. The third-order valence-corrected chi connectivity index (χ3v) is 28.5. The maximum atomic E-state index is 6.37. The van der Waals surface area contributed by atoms with Crippen molar-refractivity contribution in [3.8, 4) is 0 Å². The van der Waals surface area contributed by atoms with E-state index in [0.29, 0.717) is 0 Å². The zero-order valence-electron chi connectivity index (χ0n) is 19.0. The van der Waals surface area contributed by atoms with Gasteiger partial charge in [-0.2, -0.15) is 0 Å². The van der Waals surface area contributed by atoms with Crippen molar-refractivity contribution in [1.29, 1.82) is 0 Å². The molecule has 0 fully saturated rings. The van der Waals surface area contributed by atoms with Crippen LogP contribution in [0.5, 0.6) is 0 Å². The average molecular weight is 475 g/mol. The van der Waals surface area contributed by atoms with Crippen LogP contribution in [0.1, 0.15) is 87.0 Å². The molecule has 1 unspecified atom stereocenters. The van der Waals surface area contributed by atoms with Gasteiger partial charge in [0.1, 0.15) is 0 Å². The van der Waals surface area contributed by atoms with Gasteiger partial charge in [0.25, 0.3) is 0 Å². The summed E-state index contributed by atoms with van der Waals surface area (Å²) in [6.45, 7) is 21.3. The van der Waals surface area contributed by atoms with Crippen molar-refractivity contribution in [2.75, 3.05) is 0 Å². The first kappa shape index (κ1) is 25.6. The molecule has 0 aromatic rings. The molecule has 0 spiro atoms. The van der Waals surface area contributed by atoms with Crippen LogP contribution in [0.15, 0.2) is 12.3 Å². The Labute approximate surface area is 165 Å². The molecule has 0 heterocycles. The van der Waals surface area contributed by atoms with E-state index >= 15 is 0 Å². The normalized spacial score (nSPS) is 14.9. The van der Waals surface area contributed by atoms with Gasteiger partial charge in [-0.1, -0.05) is 0 Å². The molecular weight excluding hydrogens is 427 g/mol. The minimum atomic E-state index is -2.14. The van der Waals surface area contributed by atoms with Crippen LogP contribution >= 0.6 is 0 Å². The van der Waals surface area contributed by atoms with Crippen molar-refractivity contribution in [1.82, 2.24) is 0 Å². The predicted molar refractivity (Wildman–Crippen MR) is 122 cm³/mol. The van der Waals surface area contributed by atoms with E-state index in [1.807, 2.05) is 0 Å². The van der Waals surface area contributed by atoms with E-state index in [9.17, 15) is 0 Å². The van der Waals surface area contributed by atoms with Gasteiger partial charge in [-0.3, -0.25) is 0 Å². The number of hydrogen-bond acceptors (Lipinski definition) is 1. The van der Waals surface area contributed by atoms with Crippen LogP contribution in [0.25, 0.3) is 0 Å². The second-order valence-electron chi connectivity index (χ2n) is 9.67. The minimum absolute atomic E-state index is 0.285. The average Bonchev–Trinajstić information content (AvgIpc) is 2.53. The van der Waals surface area contributed by atoms with Crippen LogP contribution in [0.4, 0.5) is 0 Å². The third kappa shape index (κ3) is 8.86. The Hall–Kier alpha value is 0.556. The number of hydrogen-bond donors (Lipinski definition) is 0. The van der Waals surface area contributed by atoms with Crippen LogP contribution in [0, 0.1) is 0 Å². The van der Waals surface area contributed by atoms with Crippen molar-refractivity contribution >= 4 is 26.7 Å². The van der Waals surface area contributed by atoms with Crippen molar-refractivity contribution in [3.63, 3.8) is 0 Å². The fourth-order valence-electron chi connectivity index (χ4n) is 3.35. The van der Waals surface area contributed by atoms with Crippen LogP contribution in [-0.4, -0.2) is 26.7 Å². The van der Waals surface area contributed by atoms with E-state index in [1.54, 1.807) is 13.3 Å². The molecule has 0 aliphatic carbocycles. The molecule has 0 radical (unpaired) electrons. The van der Waals surface area contributed by atoms with E-state index in [0.717, 1.165) is 3.93 Å². The second kappa shape index (κ2) is 12.1. The Morgan fingerprint density at radius 2 is 1.28 bits per heavy atom. The van der Waals surface area contributed by atoms with Crippen molar-refractivity contribution in [2.45, 2.75) is 122 Å². The second-order valence-corrected chi connectivity index (χ2v) is 29.1. The standard InChI is InChI=1S/C10H21OSi.3C4H9.Sn/c1-7-8-9-11-12(5,6)10(2,3)4;3*1-3-4-2;/h7-9H,1-6H3;3*1,3-4H2,2H3;/b9-8-;;;;. The number of unbranched alkanes of at least 4 members (excludes halogenated alkanes) is 3. The molecule has 25 heavy (non-hydrogen) atoms. The van der Waals surface area contributed by atoms with Crippen LogP contribution < -0.4 is 0 Å². The van der Waals surface area contributed by atoms with Gasteiger partial charge in [0.15, 0.2) is 0 Å². The van der Waals surface area contributed by atoms with Gasteiger partial charge < -0.3 is 0 Å². The molecule has 3 heteroatoms. The molecular formula is C22H48OSiSn. The zero-order chi connectivity index (χ0) is 19.6. The summed E-state index contributed by atoms with van der Waals surface area (Å²) in [4.78, 5) is 0. The van der Waals surface area contributed by atoms with Crippen molar-refractivity contribution in [3.05, 3.63) is 12.3 Å². The quantitative estimate of drug-likeness (QED) is 0.191. The van der Waals surface area contributed by atoms with Gasteiger partial charge in [0.05, 0.1) is 0 Å². The molecule has 0 aliphatic rings. The summed E-state index contributed by atoms with van der Waals surface area (Å²) in [5.74, 6) is 0. The summed E-state index contributed by atoms with van der Waals surface area (Å²) < 4.78 is 11.9. The van der Waals surface area contributed by atoms with E-state index in [-0.39, 0.29) is 5.04 Å². The SMILES string of the molecule is CCC[CH2][Sn]([CH2]CCC)([CH2]CCC)[CH](C)/C=C\O[Si](C)(C)C(C)(C)C. The molecule has 150 valence electrons. The van der Waals surface area contributed by atoms with Gasteiger partial charge in [-0.05, 0) is 0 Å². The number of rotatable bonds is 13. The monoisotopic (exact) mass is 476 g/mol. The molecule has 1 atom stereocenters. The Kier molecular flexibility index (Phi) is 12.4.